The molecule has 0 aliphatic carbocycles. The molecule has 1 atom stereocenters. The number of hydrogen-bond donors (Lipinski definition) is 1. The molecule has 0 aliphatic heterocycles. The van der Waals surface area contributed by atoms with Crippen molar-refractivity contribution in [2.75, 3.05) is 4.90 Å². The molecule has 4 aromatic rings. The topological polar surface area (TPSA) is 75.2 Å². The van der Waals surface area contributed by atoms with E-state index in [1.54, 1.807) is 48.9 Å². The van der Waals surface area contributed by atoms with Gasteiger partial charge >= 0.3 is 0 Å². The minimum atomic E-state index is -0.796. The fraction of sp³-hybridized carbons (Fsp3) is 0.111. The predicted molar refractivity (Wildman–Crippen MR) is 128 cm³/mol. The summed E-state index contributed by atoms with van der Waals surface area (Å²) in [7, 11) is 0. The zero-order chi connectivity index (χ0) is 22.9. The molecule has 0 fully saturated rings. The molecule has 2 heterocycles. The molecule has 164 valence electrons. The fourth-order valence-electron chi connectivity index (χ4n) is 3.59. The average Bonchev–Trinajstić information content (AvgIpc) is 2.89. The minimum Gasteiger partial charge on any atom is -0.350 e. The molecular formula is C27H24N4O2. The first-order valence-electron chi connectivity index (χ1n) is 10.7. The number of nitrogens with one attached hydrogen (secondary N) is 1. The quantitative estimate of drug-likeness (QED) is 0.452. The van der Waals surface area contributed by atoms with Crippen molar-refractivity contribution < 1.29 is 9.59 Å². The lowest BCUT2D eigenvalue weighted by molar-refractivity contribution is -0.122. The summed E-state index contributed by atoms with van der Waals surface area (Å²) in [6.45, 7) is 0.365. The normalized spacial score (nSPS) is 11.4. The Kier molecular flexibility index (Phi) is 7.18. The van der Waals surface area contributed by atoms with E-state index in [1.165, 1.54) is 4.90 Å². The van der Waals surface area contributed by atoms with Crippen molar-refractivity contribution in [3.63, 3.8) is 0 Å². The molecule has 0 saturated heterocycles. The van der Waals surface area contributed by atoms with Gasteiger partial charge < -0.3 is 5.32 Å². The molecule has 1 unspecified atom stereocenters. The lowest BCUT2D eigenvalue weighted by atomic mass is 10.0. The summed E-state index contributed by atoms with van der Waals surface area (Å²) in [4.78, 5) is 37.0. The van der Waals surface area contributed by atoms with Crippen LogP contribution in [0.2, 0.25) is 0 Å². The lowest BCUT2D eigenvalue weighted by Gasteiger charge is -2.31. The van der Waals surface area contributed by atoms with E-state index in [9.17, 15) is 9.59 Å². The van der Waals surface area contributed by atoms with Crippen LogP contribution in [-0.2, 0) is 17.8 Å². The van der Waals surface area contributed by atoms with Crippen LogP contribution in [0.5, 0.6) is 0 Å². The van der Waals surface area contributed by atoms with Crippen molar-refractivity contribution in [1.82, 2.24) is 15.3 Å². The van der Waals surface area contributed by atoms with Gasteiger partial charge in [0.05, 0.1) is 11.9 Å². The Hall–Kier alpha value is -4.32. The molecule has 0 aliphatic rings. The first-order chi connectivity index (χ1) is 16.2. The van der Waals surface area contributed by atoms with Crippen molar-refractivity contribution in [3.8, 4) is 0 Å². The Balaban J connectivity index is 1.70. The van der Waals surface area contributed by atoms with Crippen molar-refractivity contribution in [3.05, 3.63) is 126 Å². The zero-order valence-corrected chi connectivity index (χ0v) is 18.0. The number of hydrogen-bond acceptors (Lipinski definition) is 4. The van der Waals surface area contributed by atoms with Gasteiger partial charge in [-0.3, -0.25) is 24.5 Å². The number of rotatable bonds is 8. The van der Waals surface area contributed by atoms with E-state index >= 15 is 0 Å². The summed E-state index contributed by atoms with van der Waals surface area (Å²) in [6.07, 6.45) is 5.13. The van der Waals surface area contributed by atoms with E-state index in [1.807, 2.05) is 60.7 Å². The van der Waals surface area contributed by atoms with Crippen LogP contribution in [0.3, 0.4) is 0 Å². The molecule has 0 spiro atoms. The molecule has 4 rings (SSSR count). The maximum absolute atomic E-state index is 13.6. The Bertz CT molecular complexity index is 1170. The molecule has 33 heavy (non-hydrogen) atoms. The first-order valence-corrected chi connectivity index (χ1v) is 10.7. The largest absolute Gasteiger partial charge is 0.350 e. The first kappa shape index (κ1) is 21.9. The number of aromatic nitrogens is 2. The average molecular weight is 437 g/mol. The summed E-state index contributed by atoms with van der Waals surface area (Å²) >= 11 is 0. The van der Waals surface area contributed by atoms with Crippen LogP contribution >= 0.6 is 0 Å². The van der Waals surface area contributed by atoms with E-state index in [-0.39, 0.29) is 17.5 Å². The third-order valence-electron chi connectivity index (χ3n) is 5.22. The van der Waals surface area contributed by atoms with Gasteiger partial charge in [-0.15, -0.1) is 0 Å². The number of benzene rings is 2. The fourth-order valence-corrected chi connectivity index (χ4v) is 3.59. The number of carbonyl (C=O) groups excluding carboxylic acids is 2. The van der Waals surface area contributed by atoms with Crippen LogP contribution in [0.4, 0.5) is 5.69 Å². The van der Waals surface area contributed by atoms with Crippen LogP contribution in [-0.4, -0.2) is 27.8 Å². The van der Waals surface area contributed by atoms with E-state index in [0.29, 0.717) is 18.7 Å². The third kappa shape index (κ3) is 5.68. The maximum Gasteiger partial charge on any atom is 0.277 e. The molecular weight excluding hydrogens is 412 g/mol. The Morgan fingerprint density at radius 3 is 2.12 bits per heavy atom. The van der Waals surface area contributed by atoms with Crippen LogP contribution in [0, 0.1) is 0 Å². The second-order valence-electron chi connectivity index (χ2n) is 7.51. The highest BCUT2D eigenvalue weighted by molar-refractivity contribution is 6.08. The Labute approximate surface area is 192 Å². The van der Waals surface area contributed by atoms with Gasteiger partial charge in [0.1, 0.15) is 11.7 Å². The highest BCUT2D eigenvalue weighted by Gasteiger charge is 2.32. The molecule has 6 nitrogen and oxygen atoms in total. The van der Waals surface area contributed by atoms with Crippen molar-refractivity contribution in [2.45, 2.75) is 19.0 Å². The maximum atomic E-state index is 13.6. The molecule has 1 N–H and O–H groups in total. The SMILES string of the molecule is O=C(NCc1ccccc1)C(Cc1ccccc1)N(C(=O)c1ccccn1)c1cccnc1. The number of pyridine rings is 2. The number of anilines is 1. The molecule has 2 aromatic heterocycles. The zero-order valence-electron chi connectivity index (χ0n) is 18.0. The molecule has 6 heteroatoms. The minimum absolute atomic E-state index is 0.254. The molecule has 2 amide bonds. The van der Waals surface area contributed by atoms with Crippen molar-refractivity contribution >= 4 is 17.5 Å². The van der Waals surface area contributed by atoms with Crippen LogP contribution < -0.4 is 10.2 Å². The van der Waals surface area contributed by atoms with Crippen LogP contribution in [0.15, 0.2) is 110 Å². The van der Waals surface area contributed by atoms with E-state index in [4.69, 9.17) is 0 Å². The summed E-state index contributed by atoms with van der Waals surface area (Å²) in [5.74, 6) is -0.616. The summed E-state index contributed by atoms with van der Waals surface area (Å²) < 4.78 is 0. The second kappa shape index (κ2) is 10.8. The van der Waals surface area contributed by atoms with E-state index in [0.717, 1.165) is 11.1 Å². The van der Waals surface area contributed by atoms with Gasteiger partial charge in [0, 0.05) is 25.4 Å². The second-order valence-corrected chi connectivity index (χ2v) is 7.51. The highest BCUT2D eigenvalue weighted by Crippen LogP contribution is 2.21. The van der Waals surface area contributed by atoms with E-state index in [2.05, 4.69) is 15.3 Å². The summed E-state index contributed by atoms with van der Waals surface area (Å²) in [5.41, 5.74) is 2.72. The molecule has 0 radical (unpaired) electrons. The molecule has 2 aromatic carbocycles. The Morgan fingerprint density at radius 1 is 0.788 bits per heavy atom. The lowest BCUT2D eigenvalue weighted by Crippen LogP contribution is -2.51. The number of amides is 2. The van der Waals surface area contributed by atoms with Crippen molar-refractivity contribution in [2.24, 2.45) is 0 Å². The summed E-state index contributed by atoms with van der Waals surface area (Å²) in [5, 5.41) is 3.00. The molecule has 0 bridgehead atoms. The van der Waals surface area contributed by atoms with Gasteiger partial charge in [-0.25, -0.2) is 0 Å². The van der Waals surface area contributed by atoms with Gasteiger partial charge in [0.2, 0.25) is 5.91 Å². The van der Waals surface area contributed by atoms with Gasteiger partial charge in [-0.05, 0) is 35.4 Å². The molecule has 0 saturated carbocycles. The predicted octanol–water partition coefficient (Wildman–Crippen LogP) is 4.05. The standard InChI is InChI=1S/C27H24N4O2/c32-26(30-19-22-12-5-2-6-13-22)25(18-21-10-3-1-4-11-21)31(23-14-9-16-28-20-23)27(33)24-15-7-8-17-29-24/h1-17,20,25H,18-19H2,(H,30,32). The van der Waals surface area contributed by atoms with Gasteiger partial charge in [0.25, 0.3) is 5.91 Å². The van der Waals surface area contributed by atoms with Gasteiger partial charge in [-0.2, -0.15) is 0 Å². The Morgan fingerprint density at radius 2 is 1.48 bits per heavy atom. The smallest absolute Gasteiger partial charge is 0.277 e. The van der Waals surface area contributed by atoms with Crippen LogP contribution in [0.25, 0.3) is 0 Å². The number of nitrogens with zero attached hydrogens (tertiary/aromatic N) is 3. The number of carbonyl (C=O) groups is 2. The van der Waals surface area contributed by atoms with E-state index < -0.39 is 6.04 Å². The monoisotopic (exact) mass is 436 g/mol. The van der Waals surface area contributed by atoms with Gasteiger partial charge in [0.15, 0.2) is 0 Å². The van der Waals surface area contributed by atoms with Gasteiger partial charge in [-0.1, -0.05) is 66.7 Å². The highest BCUT2D eigenvalue weighted by atomic mass is 16.2. The van der Waals surface area contributed by atoms with Crippen LogP contribution in [0.1, 0.15) is 21.6 Å². The van der Waals surface area contributed by atoms with Crippen molar-refractivity contribution in [1.29, 1.82) is 0 Å². The third-order valence-corrected chi connectivity index (χ3v) is 5.22. The summed E-state index contributed by atoms with van der Waals surface area (Å²) in [6, 6.07) is 27.2.